The lowest BCUT2D eigenvalue weighted by Gasteiger charge is -2.47. The number of halogens is 3. The summed E-state index contributed by atoms with van der Waals surface area (Å²) >= 11 is 0. The van der Waals surface area contributed by atoms with Crippen LogP contribution < -0.4 is 5.32 Å². The molecule has 1 aliphatic heterocycles. The molecule has 0 aromatic carbocycles. The van der Waals surface area contributed by atoms with Crippen LogP contribution in [0.15, 0.2) is 0 Å². The van der Waals surface area contributed by atoms with Crippen LogP contribution in [0.25, 0.3) is 0 Å². The van der Waals surface area contributed by atoms with Gasteiger partial charge < -0.3 is 5.32 Å². The van der Waals surface area contributed by atoms with Gasteiger partial charge in [0, 0.05) is 31.1 Å². The molecule has 0 aliphatic carbocycles. The molecule has 1 aliphatic rings. The average Bonchev–Trinajstić information content (AvgIpc) is 2.22. The van der Waals surface area contributed by atoms with E-state index < -0.39 is 12.6 Å². The standard InChI is InChI=1S/C12H23F3N2/c1-4-11(3)9-16-10(2)8-17(11)7-5-6-12(13,14)15/h10,16H,4-9H2,1-3H3. The number of piperazine rings is 1. The predicted octanol–water partition coefficient (Wildman–Crippen LogP) is 2.79. The summed E-state index contributed by atoms with van der Waals surface area (Å²) in [5, 5.41) is 3.40. The molecule has 1 rings (SSSR count). The molecule has 0 aromatic rings. The van der Waals surface area contributed by atoms with E-state index in [4.69, 9.17) is 0 Å². The van der Waals surface area contributed by atoms with Crippen molar-refractivity contribution >= 4 is 0 Å². The summed E-state index contributed by atoms with van der Waals surface area (Å²) in [6.07, 6.45) is -3.54. The smallest absolute Gasteiger partial charge is 0.311 e. The minimum absolute atomic E-state index is 0.00188. The first kappa shape index (κ1) is 14.8. The van der Waals surface area contributed by atoms with Crippen molar-refractivity contribution in [2.75, 3.05) is 19.6 Å². The molecule has 5 heteroatoms. The molecule has 102 valence electrons. The summed E-state index contributed by atoms with van der Waals surface area (Å²) < 4.78 is 36.4. The van der Waals surface area contributed by atoms with E-state index in [2.05, 4.69) is 31.0 Å². The SMILES string of the molecule is CCC1(C)CNC(C)CN1CCCC(F)(F)F. The van der Waals surface area contributed by atoms with Crippen LogP contribution in [0.3, 0.4) is 0 Å². The number of hydrogen-bond acceptors (Lipinski definition) is 2. The summed E-state index contributed by atoms with van der Waals surface area (Å²) in [6.45, 7) is 8.52. The van der Waals surface area contributed by atoms with Crippen molar-refractivity contribution in [3.05, 3.63) is 0 Å². The fraction of sp³-hybridized carbons (Fsp3) is 1.00. The van der Waals surface area contributed by atoms with Gasteiger partial charge in [0.05, 0.1) is 0 Å². The van der Waals surface area contributed by atoms with Crippen molar-refractivity contribution in [1.29, 1.82) is 0 Å². The van der Waals surface area contributed by atoms with Crippen LogP contribution >= 0.6 is 0 Å². The van der Waals surface area contributed by atoms with Crippen LogP contribution in [0, 0.1) is 0 Å². The maximum absolute atomic E-state index is 12.1. The Balaban J connectivity index is 2.47. The highest BCUT2D eigenvalue weighted by Gasteiger charge is 2.35. The van der Waals surface area contributed by atoms with Gasteiger partial charge in [-0.1, -0.05) is 6.92 Å². The van der Waals surface area contributed by atoms with Crippen molar-refractivity contribution in [2.24, 2.45) is 0 Å². The lowest BCUT2D eigenvalue weighted by Crippen LogP contribution is -2.62. The van der Waals surface area contributed by atoms with Gasteiger partial charge in [-0.2, -0.15) is 13.2 Å². The number of nitrogens with one attached hydrogen (secondary N) is 1. The second-order valence-corrected chi connectivity index (χ2v) is 5.30. The molecule has 2 unspecified atom stereocenters. The summed E-state index contributed by atoms with van der Waals surface area (Å²) in [6, 6.07) is 0.362. The van der Waals surface area contributed by atoms with E-state index >= 15 is 0 Å². The molecular formula is C12H23F3N2. The molecule has 1 saturated heterocycles. The number of hydrogen-bond donors (Lipinski definition) is 1. The predicted molar refractivity (Wildman–Crippen MR) is 63.0 cm³/mol. The highest BCUT2D eigenvalue weighted by Crippen LogP contribution is 2.26. The lowest BCUT2D eigenvalue weighted by molar-refractivity contribution is -0.137. The molecule has 0 amide bonds. The summed E-state index contributed by atoms with van der Waals surface area (Å²) in [5.41, 5.74) is -0.00188. The van der Waals surface area contributed by atoms with Gasteiger partial charge in [-0.25, -0.2) is 0 Å². The number of alkyl halides is 3. The third-order valence-corrected chi connectivity index (χ3v) is 3.74. The molecule has 0 aromatic heterocycles. The zero-order valence-corrected chi connectivity index (χ0v) is 10.9. The summed E-state index contributed by atoms with van der Waals surface area (Å²) in [4.78, 5) is 2.21. The molecule has 1 heterocycles. The number of nitrogens with zero attached hydrogens (tertiary/aromatic N) is 1. The first-order valence-corrected chi connectivity index (χ1v) is 6.32. The Kier molecular flexibility index (Phi) is 4.84. The van der Waals surface area contributed by atoms with Gasteiger partial charge in [-0.15, -0.1) is 0 Å². The molecule has 2 atom stereocenters. The minimum Gasteiger partial charge on any atom is -0.311 e. The summed E-state index contributed by atoms with van der Waals surface area (Å²) in [7, 11) is 0. The van der Waals surface area contributed by atoms with E-state index in [0.717, 1.165) is 19.5 Å². The van der Waals surface area contributed by atoms with Crippen LogP contribution in [0.4, 0.5) is 13.2 Å². The first-order valence-electron chi connectivity index (χ1n) is 6.32. The molecule has 2 nitrogen and oxygen atoms in total. The topological polar surface area (TPSA) is 15.3 Å². The highest BCUT2D eigenvalue weighted by atomic mass is 19.4. The fourth-order valence-electron chi connectivity index (χ4n) is 2.30. The third kappa shape index (κ3) is 4.47. The molecule has 0 radical (unpaired) electrons. The zero-order valence-electron chi connectivity index (χ0n) is 10.9. The normalized spacial score (nSPS) is 31.8. The molecular weight excluding hydrogens is 229 g/mol. The van der Waals surface area contributed by atoms with Crippen molar-refractivity contribution in [2.45, 2.75) is 57.8 Å². The van der Waals surface area contributed by atoms with Crippen molar-refractivity contribution in [3.8, 4) is 0 Å². The van der Waals surface area contributed by atoms with Crippen LogP contribution in [-0.4, -0.2) is 42.3 Å². The van der Waals surface area contributed by atoms with Gasteiger partial charge in [0.1, 0.15) is 0 Å². The maximum Gasteiger partial charge on any atom is 0.389 e. The zero-order chi connectivity index (χ0) is 13.1. The first-order chi connectivity index (χ1) is 7.77. The minimum atomic E-state index is -4.03. The Hall–Kier alpha value is -0.290. The van der Waals surface area contributed by atoms with Crippen molar-refractivity contribution in [1.82, 2.24) is 10.2 Å². The quantitative estimate of drug-likeness (QED) is 0.827. The van der Waals surface area contributed by atoms with E-state index in [1.165, 1.54) is 0 Å². The van der Waals surface area contributed by atoms with Gasteiger partial charge in [0.25, 0.3) is 0 Å². The molecule has 0 bridgehead atoms. The Morgan fingerprint density at radius 2 is 2.06 bits per heavy atom. The molecule has 0 spiro atoms. The van der Waals surface area contributed by atoms with Crippen molar-refractivity contribution in [3.63, 3.8) is 0 Å². The Labute approximate surface area is 102 Å². The van der Waals surface area contributed by atoms with Crippen LogP contribution in [0.1, 0.15) is 40.0 Å². The summed E-state index contributed by atoms with van der Waals surface area (Å²) in [5.74, 6) is 0. The Morgan fingerprint density at radius 3 is 2.59 bits per heavy atom. The Bertz CT molecular complexity index is 242. The largest absolute Gasteiger partial charge is 0.389 e. The van der Waals surface area contributed by atoms with Gasteiger partial charge in [0.2, 0.25) is 0 Å². The maximum atomic E-state index is 12.1. The van der Waals surface area contributed by atoms with Gasteiger partial charge in [0.15, 0.2) is 0 Å². The number of rotatable bonds is 4. The van der Waals surface area contributed by atoms with E-state index in [1.54, 1.807) is 0 Å². The van der Waals surface area contributed by atoms with Gasteiger partial charge in [-0.3, -0.25) is 4.90 Å². The second-order valence-electron chi connectivity index (χ2n) is 5.30. The van der Waals surface area contributed by atoms with Crippen LogP contribution in [0.2, 0.25) is 0 Å². The molecule has 1 fully saturated rings. The van der Waals surface area contributed by atoms with E-state index in [0.29, 0.717) is 12.6 Å². The van der Waals surface area contributed by atoms with E-state index in [9.17, 15) is 13.2 Å². The second kappa shape index (κ2) is 5.57. The highest BCUT2D eigenvalue weighted by molar-refractivity contribution is 4.93. The Morgan fingerprint density at radius 1 is 1.41 bits per heavy atom. The molecule has 1 N–H and O–H groups in total. The fourth-order valence-corrected chi connectivity index (χ4v) is 2.30. The monoisotopic (exact) mass is 252 g/mol. The van der Waals surface area contributed by atoms with E-state index in [-0.39, 0.29) is 12.0 Å². The lowest BCUT2D eigenvalue weighted by atomic mass is 9.92. The van der Waals surface area contributed by atoms with E-state index in [1.807, 2.05) is 0 Å². The average molecular weight is 252 g/mol. The third-order valence-electron chi connectivity index (χ3n) is 3.74. The van der Waals surface area contributed by atoms with Gasteiger partial charge >= 0.3 is 6.18 Å². The molecule has 0 saturated carbocycles. The molecule has 17 heavy (non-hydrogen) atoms. The van der Waals surface area contributed by atoms with Crippen LogP contribution in [0.5, 0.6) is 0 Å². The van der Waals surface area contributed by atoms with Gasteiger partial charge in [-0.05, 0) is 33.2 Å². The van der Waals surface area contributed by atoms with Crippen molar-refractivity contribution < 1.29 is 13.2 Å². The van der Waals surface area contributed by atoms with Crippen LogP contribution in [-0.2, 0) is 0 Å².